The van der Waals surface area contributed by atoms with Gasteiger partial charge in [0.15, 0.2) is 0 Å². The summed E-state index contributed by atoms with van der Waals surface area (Å²) in [6.45, 7) is 10.0. The van der Waals surface area contributed by atoms with E-state index < -0.39 is 0 Å². The Bertz CT molecular complexity index is 725. The summed E-state index contributed by atoms with van der Waals surface area (Å²) >= 11 is 0. The molecule has 0 spiro atoms. The Kier molecular flexibility index (Phi) is 5.48. The molecule has 5 rings (SSSR count). The van der Waals surface area contributed by atoms with Gasteiger partial charge in [-0.2, -0.15) is 0 Å². The third kappa shape index (κ3) is 4.17. The van der Waals surface area contributed by atoms with Gasteiger partial charge in [0.05, 0.1) is 0 Å². The molecular formula is C25H33N3. The van der Waals surface area contributed by atoms with Crippen LogP contribution in [0, 0.1) is 11.8 Å². The third-order valence-corrected chi connectivity index (χ3v) is 7.16. The lowest BCUT2D eigenvalue weighted by atomic mass is 10.0. The molecule has 0 bridgehead atoms. The average Bonchev–Trinajstić information content (AvgIpc) is 3.29. The maximum Gasteiger partial charge on any atom is 0.0233 e. The smallest absolute Gasteiger partial charge is 0.0233 e. The van der Waals surface area contributed by atoms with Gasteiger partial charge in [0.2, 0.25) is 0 Å². The van der Waals surface area contributed by atoms with Crippen LogP contribution in [-0.4, -0.2) is 60.0 Å². The fourth-order valence-electron chi connectivity index (χ4n) is 5.68. The first-order valence-electron chi connectivity index (χ1n) is 11.1. The summed E-state index contributed by atoms with van der Waals surface area (Å²) in [5.41, 5.74) is 2.92. The normalized spacial score (nSPS) is 27.3. The van der Waals surface area contributed by atoms with Crippen LogP contribution in [0.1, 0.15) is 24.0 Å². The zero-order valence-electron chi connectivity index (χ0n) is 16.9. The van der Waals surface area contributed by atoms with E-state index in [9.17, 15) is 0 Å². The van der Waals surface area contributed by atoms with E-state index in [1.54, 1.807) is 0 Å². The first-order chi connectivity index (χ1) is 13.8. The van der Waals surface area contributed by atoms with E-state index in [1.807, 2.05) is 0 Å². The van der Waals surface area contributed by atoms with Gasteiger partial charge in [-0.15, -0.1) is 0 Å². The Morgan fingerprint density at radius 2 is 1.11 bits per heavy atom. The van der Waals surface area contributed by atoms with Crippen LogP contribution >= 0.6 is 0 Å². The molecule has 28 heavy (non-hydrogen) atoms. The van der Waals surface area contributed by atoms with Crippen LogP contribution in [0.2, 0.25) is 0 Å². The maximum absolute atomic E-state index is 2.84. The number of hydrogen-bond donors (Lipinski definition) is 0. The highest BCUT2D eigenvalue weighted by Crippen LogP contribution is 2.34. The molecule has 3 fully saturated rings. The molecule has 0 N–H and O–H groups in total. The van der Waals surface area contributed by atoms with Crippen LogP contribution in [0.15, 0.2) is 60.7 Å². The first-order valence-corrected chi connectivity index (χ1v) is 11.1. The molecule has 2 unspecified atom stereocenters. The van der Waals surface area contributed by atoms with Gasteiger partial charge in [0, 0.05) is 45.3 Å². The molecule has 0 aromatic heterocycles. The van der Waals surface area contributed by atoms with Crippen molar-refractivity contribution in [1.29, 1.82) is 0 Å². The van der Waals surface area contributed by atoms with E-state index in [-0.39, 0.29) is 0 Å². The molecule has 0 saturated carbocycles. The maximum atomic E-state index is 2.84. The highest BCUT2D eigenvalue weighted by molar-refractivity contribution is 5.15. The lowest BCUT2D eigenvalue weighted by molar-refractivity contribution is 0.112. The van der Waals surface area contributed by atoms with Crippen LogP contribution in [0.5, 0.6) is 0 Å². The summed E-state index contributed by atoms with van der Waals surface area (Å²) in [6.07, 6.45) is 2.69. The topological polar surface area (TPSA) is 9.72 Å². The van der Waals surface area contributed by atoms with E-state index >= 15 is 0 Å². The van der Waals surface area contributed by atoms with Crippen molar-refractivity contribution in [2.45, 2.75) is 32.0 Å². The standard InChI is InChI=1S/C25H33N3/c1-3-7-21(8-4-1)15-26-13-11-25(12-14-26)28-19-23-17-27(18-24(23)20-28)16-22-9-5-2-6-10-22/h1-10,23-25H,11-20H2. The molecule has 2 aromatic rings. The van der Waals surface area contributed by atoms with E-state index in [4.69, 9.17) is 0 Å². The predicted octanol–water partition coefficient (Wildman–Crippen LogP) is 3.71. The summed E-state index contributed by atoms with van der Waals surface area (Å²) in [5, 5.41) is 0. The molecule has 3 heterocycles. The molecule has 148 valence electrons. The lowest BCUT2D eigenvalue weighted by Crippen LogP contribution is -2.44. The average molecular weight is 376 g/mol. The van der Waals surface area contributed by atoms with Crippen molar-refractivity contribution in [2.75, 3.05) is 39.3 Å². The summed E-state index contributed by atoms with van der Waals surface area (Å²) in [4.78, 5) is 8.17. The number of hydrogen-bond acceptors (Lipinski definition) is 3. The van der Waals surface area contributed by atoms with Gasteiger partial charge in [-0.1, -0.05) is 60.7 Å². The van der Waals surface area contributed by atoms with Crippen molar-refractivity contribution in [3.63, 3.8) is 0 Å². The van der Waals surface area contributed by atoms with E-state index in [0.717, 1.165) is 31.0 Å². The fraction of sp³-hybridized carbons (Fsp3) is 0.520. The van der Waals surface area contributed by atoms with Crippen molar-refractivity contribution in [3.05, 3.63) is 71.8 Å². The summed E-state index contributed by atoms with van der Waals surface area (Å²) in [5.74, 6) is 1.79. The summed E-state index contributed by atoms with van der Waals surface area (Å²) < 4.78 is 0. The van der Waals surface area contributed by atoms with Gasteiger partial charge in [-0.3, -0.25) is 14.7 Å². The molecule has 3 nitrogen and oxygen atoms in total. The Labute approximate surface area is 169 Å². The summed E-state index contributed by atoms with van der Waals surface area (Å²) in [6, 6.07) is 22.7. The molecule has 3 aliphatic rings. The predicted molar refractivity (Wildman–Crippen MR) is 115 cm³/mol. The second kappa shape index (κ2) is 8.36. The van der Waals surface area contributed by atoms with Crippen molar-refractivity contribution < 1.29 is 0 Å². The van der Waals surface area contributed by atoms with Crippen LogP contribution in [-0.2, 0) is 13.1 Å². The van der Waals surface area contributed by atoms with Crippen LogP contribution in [0.3, 0.4) is 0 Å². The minimum atomic E-state index is 0.820. The van der Waals surface area contributed by atoms with Crippen molar-refractivity contribution >= 4 is 0 Å². The van der Waals surface area contributed by atoms with Crippen LogP contribution in [0.4, 0.5) is 0 Å². The summed E-state index contributed by atoms with van der Waals surface area (Å²) in [7, 11) is 0. The highest BCUT2D eigenvalue weighted by Gasteiger charge is 2.42. The Morgan fingerprint density at radius 1 is 0.607 bits per heavy atom. The number of fused-ring (bicyclic) bond motifs is 1. The van der Waals surface area contributed by atoms with Crippen LogP contribution < -0.4 is 0 Å². The quantitative estimate of drug-likeness (QED) is 0.789. The Hall–Kier alpha value is -1.68. The molecule has 0 radical (unpaired) electrons. The number of rotatable bonds is 5. The molecule has 2 atom stereocenters. The lowest BCUT2D eigenvalue weighted by Gasteiger charge is -2.37. The van der Waals surface area contributed by atoms with Gasteiger partial charge in [0.1, 0.15) is 0 Å². The largest absolute Gasteiger partial charge is 0.300 e. The Balaban J connectivity index is 1.08. The monoisotopic (exact) mass is 375 g/mol. The second-order valence-corrected chi connectivity index (χ2v) is 9.15. The molecular weight excluding hydrogens is 342 g/mol. The molecule has 3 saturated heterocycles. The number of nitrogens with zero attached hydrogens (tertiary/aromatic N) is 3. The van der Waals surface area contributed by atoms with Crippen molar-refractivity contribution in [3.8, 4) is 0 Å². The van der Waals surface area contributed by atoms with Crippen molar-refractivity contribution in [1.82, 2.24) is 14.7 Å². The Morgan fingerprint density at radius 3 is 1.64 bits per heavy atom. The first kappa shape index (κ1) is 18.4. The van der Waals surface area contributed by atoms with E-state index in [1.165, 1.54) is 63.2 Å². The van der Waals surface area contributed by atoms with E-state index in [0.29, 0.717) is 0 Å². The molecule has 0 amide bonds. The van der Waals surface area contributed by atoms with Crippen molar-refractivity contribution in [2.24, 2.45) is 11.8 Å². The SMILES string of the molecule is c1ccc(CN2CCC(N3CC4CN(Cc5ccccc5)CC4C3)CC2)cc1. The molecule has 2 aromatic carbocycles. The second-order valence-electron chi connectivity index (χ2n) is 9.15. The number of benzene rings is 2. The zero-order valence-corrected chi connectivity index (χ0v) is 16.9. The van der Waals surface area contributed by atoms with Gasteiger partial charge in [-0.25, -0.2) is 0 Å². The molecule has 3 aliphatic heterocycles. The van der Waals surface area contributed by atoms with Gasteiger partial charge < -0.3 is 0 Å². The van der Waals surface area contributed by atoms with Gasteiger partial charge >= 0.3 is 0 Å². The fourth-order valence-corrected chi connectivity index (χ4v) is 5.68. The van der Waals surface area contributed by atoms with Crippen LogP contribution in [0.25, 0.3) is 0 Å². The minimum absolute atomic E-state index is 0.820. The van der Waals surface area contributed by atoms with Gasteiger partial charge in [-0.05, 0) is 48.9 Å². The number of piperidine rings is 1. The molecule has 0 aliphatic carbocycles. The highest BCUT2D eigenvalue weighted by atomic mass is 15.3. The minimum Gasteiger partial charge on any atom is -0.300 e. The van der Waals surface area contributed by atoms with Gasteiger partial charge in [0.25, 0.3) is 0 Å². The third-order valence-electron chi connectivity index (χ3n) is 7.16. The molecule has 3 heteroatoms. The number of likely N-dealkylation sites (tertiary alicyclic amines) is 3. The zero-order chi connectivity index (χ0) is 18.8. The van der Waals surface area contributed by atoms with E-state index in [2.05, 4.69) is 75.4 Å².